The molecule has 24 heavy (non-hydrogen) atoms. The van der Waals surface area contributed by atoms with Crippen LogP contribution < -0.4 is 0 Å². The number of carbonyl (C=O) groups is 1. The zero-order chi connectivity index (χ0) is 17.9. The van der Waals surface area contributed by atoms with Gasteiger partial charge in [-0.1, -0.05) is 49.4 Å². The molecule has 1 aliphatic heterocycles. The van der Waals surface area contributed by atoms with Crippen molar-refractivity contribution < 1.29 is 14.6 Å². The second kappa shape index (κ2) is 7.22. The third-order valence-electron chi connectivity index (χ3n) is 4.70. The molecule has 0 aliphatic carbocycles. The molecule has 0 fully saturated rings. The molecule has 1 N–H and O–H groups in total. The Labute approximate surface area is 144 Å². The fraction of sp³-hybridized carbons (Fsp3) is 0.450. The molecular weight excluding hydrogens is 302 g/mol. The highest BCUT2D eigenvalue weighted by Crippen LogP contribution is 2.33. The first-order valence-corrected chi connectivity index (χ1v) is 8.32. The zero-order valence-corrected chi connectivity index (χ0v) is 15.1. The minimum Gasteiger partial charge on any atom is -0.477 e. The molecule has 0 saturated heterocycles. The molecule has 0 saturated carbocycles. The van der Waals surface area contributed by atoms with Crippen molar-refractivity contribution in [3.05, 3.63) is 53.8 Å². The van der Waals surface area contributed by atoms with Crippen LogP contribution in [0.15, 0.2) is 48.2 Å². The van der Waals surface area contributed by atoms with Gasteiger partial charge < -0.3 is 9.84 Å². The maximum absolute atomic E-state index is 13.1. The fourth-order valence-corrected chi connectivity index (χ4v) is 3.15. The summed E-state index contributed by atoms with van der Waals surface area (Å²) in [4.78, 5) is 14.7. The Morgan fingerprint density at radius 3 is 2.50 bits per heavy atom. The second-order valence-corrected chi connectivity index (χ2v) is 6.79. The van der Waals surface area contributed by atoms with Gasteiger partial charge in [0, 0.05) is 5.92 Å². The van der Waals surface area contributed by atoms with Gasteiger partial charge in [0.25, 0.3) is 5.91 Å². The van der Waals surface area contributed by atoms with Crippen LogP contribution in [0.5, 0.6) is 0 Å². The first-order valence-electron chi connectivity index (χ1n) is 8.32. The van der Waals surface area contributed by atoms with E-state index in [1.807, 2.05) is 77.1 Å². The summed E-state index contributed by atoms with van der Waals surface area (Å²) < 4.78 is 5.76. The van der Waals surface area contributed by atoms with E-state index in [1.54, 1.807) is 4.90 Å². The predicted octanol–water partition coefficient (Wildman–Crippen LogP) is 3.59. The maximum atomic E-state index is 13.1. The van der Waals surface area contributed by atoms with E-state index < -0.39 is 11.6 Å². The first kappa shape index (κ1) is 18.3. The summed E-state index contributed by atoms with van der Waals surface area (Å²) in [6, 6.07) is 9.51. The van der Waals surface area contributed by atoms with Crippen molar-refractivity contribution in [2.75, 3.05) is 6.73 Å². The lowest BCUT2D eigenvalue weighted by Gasteiger charge is -2.45. The van der Waals surface area contributed by atoms with E-state index in [2.05, 4.69) is 0 Å². The summed E-state index contributed by atoms with van der Waals surface area (Å²) in [5, 5.41) is 10.8. The quantitative estimate of drug-likeness (QED) is 0.840. The van der Waals surface area contributed by atoms with Crippen LogP contribution >= 0.6 is 0 Å². The molecule has 1 aromatic rings. The van der Waals surface area contributed by atoms with Crippen molar-refractivity contribution in [3.8, 4) is 0 Å². The van der Waals surface area contributed by atoms with Crippen molar-refractivity contribution in [1.82, 2.24) is 4.90 Å². The molecule has 0 radical (unpaired) electrons. The molecular formula is C20H27NO3. The SMILES string of the molecule is CC=CC(C)C(O)C(C)(C)N1COC(C)=C(c2ccccc2)C1=O. The van der Waals surface area contributed by atoms with Gasteiger partial charge >= 0.3 is 0 Å². The number of benzene rings is 1. The molecule has 1 aliphatic rings. The van der Waals surface area contributed by atoms with Gasteiger partial charge in [0.15, 0.2) is 6.73 Å². The van der Waals surface area contributed by atoms with Gasteiger partial charge in [0.2, 0.25) is 0 Å². The topological polar surface area (TPSA) is 49.8 Å². The lowest BCUT2D eigenvalue weighted by atomic mass is 9.85. The number of aliphatic hydroxyl groups is 1. The second-order valence-electron chi connectivity index (χ2n) is 6.79. The molecule has 0 aromatic heterocycles. The van der Waals surface area contributed by atoms with E-state index in [4.69, 9.17) is 4.74 Å². The minimum absolute atomic E-state index is 0.0648. The Balaban J connectivity index is 2.35. The molecule has 2 atom stereocenters. The lowest BCUT2D eigenvalue weighted by Crippen LogP contribution is -2.58. The van der Waals surface area contributed by atoms with Crippen LogP contribution in [0.1, 0.15) is 40.2 Å². The van der Waals surface area contributed by atoms with E-state index in [9.17, 15) is 9.90 Å². The Kier molecular flexibility index (Phi) is 5.50. The van der Waals surface area contributed by atoms with Crippen LogP contribution in [0.3, 0.4) is 0 Å². The smallest absolute Gasteiger partial charge is 0.261 e. The number of aliphatic hydroxyl groups excluding tert-OH is 1. The normalized spacial score (nSPS) is 18.8. The fourth-order valence-electron chi connectivity index (χ4n) is 3.15. The molecule has 130 valence electrons. The summed E-state index contributed by atoms with van der Waals surface area (Å²) in [7, 11) is 0. The number of hydrogen-bond donors (Lipinski definition) is 1. The summed E-state index contributed by atoms with van der Waals surface area (Å²) in [6.45, 7) is 9.58. The van der Waals surface area contributed by atoms with Gasteiger partial charge in [0.1, 0.15) is 5.76 Å². The standard InChI is InChI=1S/C20H27NO3/c1-6-10-14(2)18(22)20(4,5)21-13-24-15(3)17(19(21)23)16-11-8-7-9-12-16/h6-12,14,18,22H,13H2,1-5H3. The average molecular weight is 329 g/mol. The highest BCUT2D eigenvalue weighted by molar-refractivity contribution is 6.20. The summed E-state index contributed by atoms with van der Waals surface area (Å²) in [6.07, 6.45) is 3.16. The minimum atomic E-state index is -0.753. The third-order valence-corrected chi connectivity index (χ3v) is 4.70. The van der Waals surface area contributed by atoms with Crippen molar-refractivity contribution in [2.24, 2.45) is 5.92 Å². The number of amides is 1. The zero-order valence-electron chi connectivity index (χ0n) is 15.1. The number of rotatable bonds is 5. The largest absolute Gasteiger partial charge is 0.477 e. The highest BCUT2D eigenvalue weighted by atomic mass is 16.5. The summed E-state index contributed by atoms with van der Waals surface area (Å²) >= 11 is 0. The van der Waals surface area contributed by atoms with Crippen LogP contribution in [0.4, 0.5) is 0 Å². The van der Waals surface area contributed by atoms with Crippen LogP contribution in [-0.2, 0) is 9.53 Å². The Morgan fingerprint density at radius 1 is 1.29 bits per heavy atom. The van der Waals surface area contributed by atoms with Crippen molar-refractivity contribution in [2.45, 2.75) is 46.3 Å². The number of ether oxygens (including phenoxy) is 1. The monoisotopic (exact) mass is 329 g/mol. The molecule has 1 heterocycles. The van der Waals surface area contributed by atoms with Gasteiger partial charge in [-0.15, -0.1) is 0 Å². The Bertz CT molecular complexity index is 646. The molecule has 0 spiro atoms. The van der Waals surface area contributed by atoms with Gasteiger partial charge in [-0.3, -0.25) is 9.69 Å². The number of allylic oxidation sites excluding steroid dienone is 2. The average Bonchev–Trinajstić information content (AvgIpc) is 2.55. The molecule has 4 heteroatoms. The number of hydrogen-bond acceptors (Lipinski definition) is 3. The Morgan fingerprint density at radius 2 is 1.92 bits per heavy atom. The van der Waals surface area contributed by atoms with E-state index in [-0.39, 0.29) is 18.6 Å². The first-order chi connectivity index (χ1) is 11.3. The lowest BCUT2D eigenvalue weighted by molar-refractivity contribution is -0.147. The van der Waals surface area contributed by atoms with E-state index in [1.165, 1.54) is 0 Å². The summed E-state index contributed by atoms with van der Waals surface area (Å²) in [5.41, 5.74) is 0.633. The van der Waals surface area contributed by atoms with Crippen LogP contribution in [0, 0.1) is 5.92 Å². The molecule has 2 rings (SSSR count). The van der Waals surface area contributed by atoms with Gasteiger partial charge in [-0.25, -0.2) is 0 Å². The molecule has 4 nitrogen and oxygen atoms in total. The van der Waals surface area contributed by atoms with Crippen LogP contribution in [0.25, 0.3) is 5.57 Å². The molecule has 1 amide bonds. The number of carbonyl (C=O) groups excluding carboxylic acids is 1. The van der Waals surface area contributed by atoms with E-state index in [0.717, 1.165) is 5.56 Å². The molecule has 2 unspecified atom stereocenters. The molecule has 1 aromatic carbocycles. The third kappa shape index (κ3) is 3.39. The van der Waals surface area contributed by atoms with Crippen LogP contribution in [0.2, 0.25) is 0 Å². The predicted molar refractivity (Wildman–Crippen MR) is 95.9 cm³/mol. The highest BCUT2D eigenvalue weighted by Gasteiger charge is 2.43. The Hall–Kier alpha value is -2.07. The van der Waals surface area contributed by atoms with Crippen molar-refractivity contribution in [1.29, 1.82) is 0 Å². The van der Waals surface area contributed by atoms with Crippen LogP contribution in [-0.4, -0.2) is 34.3 Å². The maximum Gasteiger partial charge on any atom is 0.261 e. The van der Waals surface area contributed by atoms with Gasteiger partial charge in [-0.05, 0) is 33.3 Å². The molecule has 0 bridgehead atoms. The van der Waals surface area contributed by atoms with Crippen molar-refractivity contribution >= 4 is 11.5 Å². The van der Waals surface area contributed by atoms with Crippen molar-refractivity contribution in [3.63, 3.8) is 0 Å². The van der Waals surface area contributed by atoms with E-state index >= 15 is 0 Å². The van der Waals surface area contributed by atoms with Gasteiger partial charge in [-0.2, -0.15) is 0 Å². The summed E-state index contributed by atoms with van der Waals surface area (Å²) in [5.74, 6) is 0.445. The number of nitrogens with zero attached hydrogens (tertiary/aromatic N) is 1. The van der Waals surface area contributed by atoms with Gasteiger partial charge in [0.05, 0.1) is 17.2 Å². The van der Waals surface area contributed by atoms with E-state index in [0.29, 0.717) is 11.3 Å².